The van der Waals surface area contributed by atoms with Gasteiger partial charge in [0.05, 0.1) is 11.6 Å². The molecule has 0 fully saturated rings. The Hall–Kier alpha value is -2.93. The largest absolute Gasteiger partial charge is 0.486 e. The van der Waals surface area contributed by atoms with Gasteiger partial charge in [0.25, 0.3) is 11.8 Å². The van der Waals surface area contributed by atoms with Gasteiger partial charge < -0.3 is 25.3 Å². The molecule has 0 unspecified atom stereocenters. The van der Waals surface area contributed by atoms with Crippen molar-refractivity contribution in [2.45, 2.75) is 19.9 Å². The molecule has 3 N–H and O–H groups in total. The molecule has 0 aliphatic carbocycles. The third-order valence-electron chi connectivity index (χ3n) is 4.47. The van der Waals surface area contributed by atoms with E-state index >= 15 is 0 Å². The van der Waals surface area contributed by atoms with Crippen molar-refractivity contribution in [2.75, 3.05) is 19.8 Å². The predicted octanol–water partition coefficient (Wildman–Crippen LogP) is 3.10. The summed E-state index contributed by atoms with van der Waals surface area (Å²) in [5, 5.41) is 3.32. The van der Waals surface area contributed by atoms with Crippen molar-refractivity contribution in [2.24, 2.45) is 11.7 Å². The molecule has 1 heterocycles. The number of ether oxygens (including phenoxy) is 3. The van der Waals surface area contributed by atoms with Gasteiger partial charge in [0.1, 0.15) is 19.0 Å². The van der Waals surface area contributed by atoms with E-state index < -0.39 is 5.91 Å². The lowest BCUT2D eigenvalue weighted by atomic mass is 9.95. The van der Waals surface area contributed by atoms with Gasteiger partial charge >= 0.3 is 0 Å². The van der Waals surface area contributed by atoms with Gasteiger partial charge in [0.15, 0.2) is 18.1 Å². The summed E-state index contributed by atoms with van der Waals surface area (Å²) < 4.78 is 16.7. The van der Waals surface area contributed by atoms with Gasteiger partial charge in [-0.2, -0.15) is 0 Å². The predicted molar refractivity (Wildman–Crippen MR) is 109 cm³/mol. The number of nitrogens with one attached hydrogen (secondary N) is 1. The summed E-state index contributed by atoms with van der Waals surface area (Å²) in [4.78, 5) is 24.1. The lowest BCUT2D eigenvalue weighted by molar-refractivity contribution is -0.124. The number of hydrogen-bond acceptors (Lipinski definition) is 5. The number of rotatable bonds is 7. The van der Waals surface area contributed by atoms with Gasteiger partial charge in [-0.25, -0.2) is 0 Å². The molecule has 29 heavy (non-hydrogen) atoms. The normalized spacial score (nSPS) is 13.7. The monoisotopic (exact) mass is 418 g/mol. The molecule has 8 heteroatoms. The van der Waals surface area contributed by atoms with Crippen LogP contribution in [0.2, 0.25) is 5.02 Å². The summed E-state index contributed by atoms with van der Waals surface area (Å²) in [6, 6.07) is 9.86. The maximum Gasteiger partial charge on any atom is 0.258 e. The minimum Gasteiger partial charge on any atom is -0.486 e. The quantitative estimate of drug-likeness (QED) is 0.719. The molecule has 2 amide bonds. The van der Waals surface area contributed by atoms with E-state index in [1.165, 1.54) is 12.1 Å². The molecule has 7 nitrogen and oxygen atoms in total. The maximum atomic E-state index is 12.5. The molecule has 3 rings (SSSR count). The van der Waals surface area contributed by atoms with Crippen LogP contribution in [-0.2, 0) is 4.79 Å². The SMILES string of the molecule is CC(C)[C@@H](NC(=O)COc1ccc(Cl)cc1C(N)=O)c1ccc2c(c1)OCCO2. The number of halogens is 1. The van der Waals surface area contributed by atoms with Gasteiger partial charge in [0, 0.05) is 5.02 Å². The number of hydrogen-bond donors (Lipinski definition) is 2. The van der Waals surface area contributed by atoms with Crippen LogP contribution in [0.15, 0.2) is 36.4 Å². The van der Waals surface area contributed by atoms with E-state index in [0.29, 0.717) is 29.7 Å². The zero-order valence-electron chi connectivity index (χ0n) is 16.2. The maximum absolute atomic E-state index is 12.5. The Kier molecular flexibility index (Phi) is 6.49. The third kappa shape index (κ3) is 5.12. The Morgan fingerprint density at radius 1 is 1.14 bits per heavy atom. The highest BCUT2D eigenvalue weighted by molar-refractivity contribution is 6.31. The molecule has 2 aromatic rings. The zero-order valence-corrected chi connectivity index (χ0v) is 17.0. The van der Waals surface area contributed by atoms with Crippen LogP contribution in [0, 0.1) is 5.92 Å². The van der Waals surface area contributed by atoms with E-state index in [4.69, 9.17) is 31.5 Å². The van der Waals surface area contributed by atoms with Crippen LogP contribution in [0.3, 0.4) is 0 Å². The van der Waals surface area contributed by atoms with Crippen LogP contribution in [0.25, 0.3) is 0 Å². The number of fused-ring (bicyclic) bond motifs is 1. The second kappa shape index (κ2) is 9.05. The molecule has 1 aliphatic heterocycles. The smallest absolute Gasteiger partial charge is 0.258 e. The second-order valence-electron chi connectivity index (χ2n) is 6.99. The molecule has 0 saturated heterocycles. The van der Waals surface area contributed by atoms with Crippen LogP contribution in [-0.4, -0.2) is 31.6 Å². The molecule has 0 aromatic heterocycles. The highest BCUT2D eigenvalue weighted by Crippen LogP contribution is 2.34. The fourth-order valence-corrected chi connectivity index (χ4v) is 3.24. The van der Waals surface area contributed by atoms with Gasteiger partial charge in [-0.05, 0) is 41.8 Å². The first-order valence-corrected chi connectivity index (χ1v) is 9.64. The summed E-state index contributed by atoms with van der Waals surface area (Å²) in [6.45, 7) is 4.76. The first-order chi connectivity index (χ1) is 13.8. The average molecular weight is 419 g/mol. The molecule has 1 atom stereocenters. The third-order valence-corrected chi connectivity index (χ3v) is 4.71. The van der Waals surface area contributed by atoms with E-state index in [1.54, 1.807) is 6.07 Å². The van der Waals surface area contributed by atoms with E-state index in [-0.39, 0.29) is 35.8 Å². The summed E-state index contributed by atoms with van der Waals surface area (Å²) in [6.07, 6.45) is 0. The number of carbonyl (C=O) groups is 2. The van der Waals surface area contributed by atoms with Crippen molar-refractivity contribution in [3.05, 3.63) is 52.5 Å². The Labute approximate surface area is 174 Å². The first-order valence-electron chi connectivity index (χ1n) is 9.26. The van der Waals surface area contributed by atoms with Gasteiger partial charge in [0.2, 0.25) is 0 Å². The Morgan fingerprint density at radius 2 is 1.86 bits per heavy atom. The van der Waals surface area contributed by atoms with Crippen molar-refractivity contribution in [3.8, 4) is 17.2 Å². The Balaban J connectivity index is 1.69. The van der Waals surface area contributed by atoms with E-state index in [0.717, 1.165) is 5.56 Å². The average Bonchev–Trinajstić information content (AvgIpc) is 2.70. The fourth-order valence-electron chi connectivity index (χ4n) is 3.07. The number of benzene rings is 2. The van der Waals surface area contributed by atoms with E-state index in [2.05, 4.69) is 5.32 Å². The highest BCUT2D eigenvalue weighted by Gasteiger charge is 2.22. The molecule has 0 radical (unpaired) electrons. The van der Waals surface area contributed by atoms with Crippen LogP contribution in [0.1, 0.15) is 35.8 Å². The minimum atomic E-state index is -0.681. The Bertz CT molecular complexity index is 916. The summed E-state index contributed by atoms with van der Waals surface area (Å²) in [7, 11) is 0. The summed E-state index contributed by atoms with van der Waals surface area (Å²) >= 11 is 5.88. The van der Waals surface area contributed by atoms with Crippen LogP contribution >= 0.6 is 11.6 Å². The van der Waals surface area contributed by atoms with Gasteiger partial charge in [-0.1, -0.05) is 31.5 Å². The topological polar surface area (TPSA) is 99.9 Å². The molecule has 0 saturated carbocycles. The van der Waals surface area contributed by atoms with Crippen molar-refractivity contribution >= 4 is 23.4 Å². The summed E-state index contributed by atoms with van der Waals surface area (Å²) in [5.41, 5.74) is 6.37. The van der Waals surface area contributed by atoms with Gasteiger partial charge in [-0.15, -0.1) is 0 Å². The Morgan fingerprint density at radius 3 is 2.55 bits per heavy atom. The second-order valence-corrected chi connectivity index (χ2v) is 7.42. The minimum absolute atomic E-state index is 0.123. The van der Waals surface area contributed by atoms with Crippen molar-refractivity contribution < 1.29 is 23.8 Å². The van der Waals surface area contributed by atoms with Crippen LogP contribution < -0.4 is 25.3 Å². The fraction of sp³-hybridized carbons (Fsp3) is 0.333. The van der Waals surface area contributed by atoms with Crippen molar-refractivity contribution in [1.82, 2.24) is 5.32 Å². The molecule has 0 bridgehead atoms. The molecule has 0 spiro atoms. The zero-order chi connectivity index (χ0) is 21.0. The lowest BCUT2D eigenvalue weighted by Gasteiger charge is -2.25. The number of nitrogens with two attached hydrogens (primary N) is 1. The highest BCUT2D eigenvalue weighted by atomic mass is 35.5. The summed E-state index contributed by atoms with van der Waals surface area (Å²) in [5.74, 6) is 0.676. The lowest BCUT2D eigenvalue weighted by Crippen LogP contribution is -2.35. The van der Waals surface area contributed by atoms with Crippen LogP contribution in [0.4, 0.5) is 0 Å². The van der Waals surface area contributed by atoms with E-state index in [1.807, 2.05) is 32.0 Å². The molecule has 1 aliphatic rings. The van der Waals surface area contributed by atoms with E-state index in [9.17, 15) is 9.59 Å². The van der Waals surface area contributed by atoms with Crippen molar-refractivity contribution in [3.63, 3.8) is 0 Å². The first kappa shape index (κ1) is 20.8. The van der Waals surface area contributed by atoms with Crippen molar-refractivity contribution in [1.29, 1.82) is 0 Å². The standard InChI is InChI=1S/C21H23ClN2O5/c1-12(2)20(13-3-5-17-18(9-13)28-8-7-27-17)24-19(25)11-29-16-6-4-14(22)10-15(16)21(23)26/h3-6,9-10,12,20H,7-8,11H2,1-2H3,(H2,23,26)(H,24,25)/t20-/m1/s1. The molecule has 154 valence electrons. The molecule has 2 aromatic carbocycles. The number of amides is 2. The number of carbonyl (C=O) groups excluding carboxylic acids is 2. The number of primary amides is 1. The molecular weight excluding hydrogens is 396 g/mol. The van der Waals surface area contributed by atoms with Gasteiger partial charge in [-0.3, -0.25) is 9.59 Å². The molecular formula is C21H23ClN2O5. The van der Waals surface area contributed by atoms with Crippen LogP contribution in [0.5, 0.6) is 17.2 Å².